The van der Waals surface area contributed by atoms with E-state index < -0.39 is 0 Å². The fourth-order valence-electron chi connectivity index (χ4n) is 3.95. The van der Waals surface area contributed by atoms with Crippen LogP contribution in [0.4, 0.5) is 0 Å². The van der Waals surface area contributed by atoms with Crippen LogP contribution in [0.15, 0.2) is 60.7 Å². The van der Waals surface area contributed by atoms with Crippen LogP contribution in [0, 0.1) is 0 Å². The SMILES string of the molecule is O=C(C=Cc1cccc(Cl)c1)NCCCN1CCN(CCCNC(=O)C=Cc2cccc(Cl)c2)CC1. The number of nitrogens with zero attached hydrogens (tertiary/aromatic N) is 2. The van der Waals surface area contributed by atoms with Crippen molar-refractivity contribution in [3.8, 4) is 0 Å². The van der Waals surface area contributed by atoms with Crippen LogP contribution in [0.1, 0.15) is 24.0 Å². The molecule has 2 amide bonds. The molecule has 1 aliphatic rings. The summed E-state index contributed by atoms with van der Waals surface area (Å²) in [5.41, 5.74) is 1.81. The van der Waals surface area contributed by atoms with Gasteiger partial charge in [0, 0.05) is 61.5 Å². The van der Waals surface area contributed by atoms with E-state index in [1.165, 1.54) is 0 Å². The molecule has 0 spiro atoms. The van der Waals surface area contributed by atoms with Crippen molar-refractivity contribution in [3.05, 3.63) is 81.9 Å². The fourth-order valence-corrected chi connectivity index (χ4v) is 4.34. The molecule has 2 aromatic rings. The predicted octanol–water partition coefficient (Wildman–Crippen LogP) is 4.35. The van der Waals surface area contributed by atoms with Gasteiger partial charge in [-0.15, -0.1) is 0 Å². The lowest BCUT2D eigenvalue weighted by Crippen LogP contribution is -2.47. The molecular weight excluding hydrogens is 495 g/mol. The molecule has 36 heavy (non-hydrogen) atoms. The quantitative estimate of drug-likeness (QED) is 0.317. The third kappa shape index (κ3) is 11.0. The van der Waals surface area contributed by atoms with Gasteiger partial charge in [0.25, 0.3) is 0 Å². The molecule has 0 saturated carbocycles. The van der Waals surface area contributed by atoms with Crippen molar-refractivity contribution in [1.82, 2.24) is 20.4 Å². The number of hydrogen-bond donors (Lipinski definition) is 2. The molecule has 8 heteroatoms. The molecule has 0 unspecified atom stereocenters. The molecule has 3 rings (SSSR count). The van der Waals surface area contributed by atoms with Crippen LogP contribution in [-0.4, -0.2) is 74.0 Å². The van der Waals surface area contributed by atoms with Crippen molar-refractivity contribution in [1.29, 1.82) is 0 Å². The summed E-state index contributed by atoms with van der Waals surface area (Å²) in [4.78, 5) is 28.9. The van der Waals surface area contributed by atoms with Crippen LogP contribution in [-0.2, 0) is 9.59 Å². The Morgan fingerprint density at radius 3 is 1.53 bits per heavy atom. The van der Waals surface area contributed by atoms with Crippen molar-refractivity contribution in [2.45, 2.75) is 12.8 Å². The highest BCUT2D eigenvalue weighted by molar-refractivity contribution is 6.31. The molecule has 0 aliphatic carbocycles. The molecule has 0 atom stereocenters. The Kier molecular flexibility index (Phi) is 12.0. The van der Waals surface area contributed by atoms with Gasteiger partial charge < -0.3 is 20.4 Å². The standard InChI is InChI=1S/C28H34Cl2N4O2/c29-25-7-1-5-23(21-25)9-11-27(35)31-13-3-15-33-17-19-34(20-18-33)16-4-14-32-28(36)12-10-24-6-2-8-26(30)22-24/h1-2,5-12,21-22H,3-4,13-20H2,(H,31,35)(H,32,36). The highest BCUT2D eigenvalue weighted by atomic mass is 35.5. The van der Waals surface area contributed by atoms with E-state index in [1.807, 2.05) is 48.5 Å². The number of benzene rings is 2. The van der Waals surface area contributed by atoms with E-state index in [9.17, 15) is 9.59 Å². The second-order valence-corrected chi connectivity index (χ2v) is 9.62. The van der Waals surface area contributed by atoms with Crippen molar-refractivity contribution in [2.75, 3.05) is 52.4 Å². The van der Waals surface area contributed by atoms with E-state index in [2.05, 4.69) is 20.4 Å². The smallest absolute Gasteiger partial charge is 0.243 e. The van der Waals surface area contributed by atoms with Crippen LogP contribution in [0.2, 0.25) is 10.0 Å². The molecule has 192 valence electrons. The summed E-state index contributed by atoms with van der Waals surface area (Å²) in [6.07, 6.45) is 8.47. The van der Waals surface area contributed by atoms with E-state index in [1.54, 1.807) is 24.3 Å². The number of hydrogen-bond acceptors (Lipinski definition) is 4. The Bertz CT molecular complexity index is 966. The zero-order valence-corrected chi connectivity index (χ0v) is 22.0. The van der Waals surface area contributed by atoms with Gasteiger partial charge in [-0.2, -0.15) is 0 Å². The number of nitrogens with one attached hydrogen (secondary N) is 2. The van der Waals surface area contributed by atoms with E-state index in [-0.39, 0.29) is 11.8 Å². The maximum absolute atomic E-state index is 12.0. The molecule has 0 aromatic heterocycles. The van der Waals surface area contributed by atoms with Gasteiger partial charge in [0.2, 0.25) is 11.8 Å². The number of piperazine rings is 1. The summed E-state index contributed by atoms with van der Waals surface area (Å²) >= 11 is 11.9. The lowest BCUT2D eigenvalue weighted by molar-refractivity contribution is -0.117. The normalized spacial score (nSPS) is 14.9. The van der Waals surface area contributed by atoms with E-state index in [0.717, 1.165) is 63.2 Å². The van der Waals surface area contributed by atoms with E-state index in [4.69, 9.17) is 23.2 Å². The first-order valence-corrected chi connectivity index (χ1v) is 13.1. The summed E-state index contributed by atoms with van der Waals surface area (Å²) in [7, 11) is 0. The monoisotopic (exact) mass is 528 g/mol. The van der Waals surface area contributed by atoms with Gasteiger partial charge in [0.15, 0.2) is 0 Å². The number of amides is 2. The zero-order valence-electron chi connectivity index (χ0n) is 20.5. The summed E-state index contributed by atoms with van der Waals surface area (Å²) in [5.74, 6) is -0.182. The van der Waals surface area contributed by atoms with Gasteiger partial charge >= 0.3 is 0 Å². The zero-order chi connectivity index (χ0) is 25.6. The molecule has 1 aliphatic heterocycles. The first-order chi connectivity index (χ1) is 17.5. The van der Waals surface area contributed by atoms with E-state index >= 15 is 0 Å². The maximum atomic E-state index is 12.0. The van der Waals surface area contributed by atoms with Gasteiger partial charge in [-0.3, -0.25) is 9.59 Å². The molecule has 0 radical (unpaired) electrons. The van der Waals surface area contributed by atoms with Crippen LogP contribution < -0.4 is 10.6 Å². The van der Waals surface area contributed by atoms with Gasteiger partial charge in [-0.1, -0.05) is 47.5 Å². The average Bonchev–Trinajstić information content (AvgIpc) is 2.87. The predicted molar refractivity (Wildman–Crippen MR) is 149 cm³/mol. The van der Waals surface area contributed by atoms with Crippen molar-refractivity contribution in [3.63, 3.8) is 0 Å². The molecule has 2 aromatic carbocycles. The number of carbonyl (C=O) groups is 2. The summed E-state index contributed by atoms with van der Waals surface area (Å²) in [6.45, 7) is 7.36. The summed E-state index contributed by atoms with van der Waals surface area (Å²) in [6, 6.07) is 14.8. The minimum absolute atomic E-state index is 0.0909. The highest BCUT2D eigenvalue weighted by Gasteiger charge is 2.15. The third-order valence-corrected chi connectivity index (χ3v) is 6.39. The molecule has 6 nitrogen and oxygen atoms in total. The van der Waals surface area contributed by atoms with Gasteiger partial charge in [0.1, 0.15) is 0 Å². The van der Waals surface area contributed by atoms with Crippen molar-refractivity contribution < 1.29 is 9.59 Å². The van der Waals surface area contributed by atoms with Crippen LogP contribution >= 0.6 is 23.2 Å². The first kappa shape index (κ1) is 27.9. The van der Waals surface area contributed by atoms with Gasteiger partial charge in [0.05, 0.1) is 0 Å². The van der Waals surface area contributed by atoms with Crippen LogP contribution in [0.3, 0.4) is 0 Å². The fraction of sp³-hybridized carbons (Fsp3) is 0.357. The Morgan fingerprint density at radius 2 is 1.14 bits per heavy atom. The van der Waals surface area contributed by atoms with Crippen molar-refractivity contribution in [2.24, 2.45) is 0 Å². The van der Waals surface area contributed by atoms with Crippen molar-refractivity contribution >= 4 is 47.2 Å². The first-order valence-electron chi connectivity index (χ1n) is 12.4. The largest absolute Gasteiger partial charge is 0.353 e. The molecule has 2 N–H and O–H groups in total. The van der Waals surface area contributed by atoms with Gasteiger partial charge in [-0.25, -0.2) is 0 Å². The Hall–Kier alpha value is -2.64. The second kappa shape index (κ2) is 15.5. The average molecular weight is 530 g/mol. The molecule has 1 heterocycles. The number of halogens is 2. The Labute approximate surface area is 223 Å². The number of rotatable bonds is 12. The van der Waals surface area contributed by atoms with E-state index in [0.29, 0.717) is 23.1 Å². The lowest BCUT2D eigenvalue weighted by Gasteiger charge is -2.34. The Morgan fingerprint density at radius 1 is 0.722 bits per heavy atom. The van der Waals surface area contributed by atoms with Crippen LogP contribution in [0.5, 0.6) is 0 Å². The second-order valence-electron chi connectivity index (χ2n) is 8.75. The number of carbonyl (C=O) groups excluding carboxylic acids is 2. The Balaban J connectivity index is 1.20. The minimum Gasteiger partial charge on any atom is -0.353 e. The highest BCUT2D eigenvalue weighted by Crippen LogP contribution is 2.12. The van der Waals surface area contributed by atoms with Crippen LogP contribution in [0.25, 0.3) is 12.2 Å². The third-order valence-electron chi connectivity index (χ3n) is 5.92. The summed E-state index contributed by atoms with van der Waals surface area (Å²) < 4.78 is 0. The molecule has 1 fully saturated rings. The molecule has 0 bridgehead atoms. The van der Waals surface area contributed by atoms with Gasteiger partial charge in [-0.05, 0) is 73.5 Å². The maximum Gasteiger partial charge on any atom is 0.243 e. The molecular formula is C28H34Cl2N4O2. The minimum atomic E-state index is -0.0909. The molecule has 1 saturated heterocycles. The topological polar surface area (TPSA) is 64.7 Å². The summed E-state index contributed by atoms with van der Waals surface area (Å²) in [5, 5.41) is 7.19. The lowest BCUT2D eigenvalue weighted by atomic mass is 10.2.